The fraction of sp³-hybridized carbons (Fsp3) is 0.455. The van der Waals surface area contributed by atoms with Crippen LogP contribution in [-0.2, 0) is 0 Å². The minimum absolute atomic E-state index is 0.154. The number of pyridine rings is 1. The molecular formula is C11H14N4O2S. The molecule has 0 spiro atoms. The second kappa shape index (κ2) is 7.50. The Bertz CT molecular complexity index is 459. The van der Waals surface area contributed by atoms with Crippen LogP contribution >= 0.6 is 11.8 Å². The molecule has 1 aromatic rings. The van der Waals surface area contributed by atoms with Gasteiger partial charge >= 0.3 is 5.69 Å². The molecule has 0 saturated heterocycles. The second-order valence-electron chi connectivity index (χ2n) is 3.59. The minimum atomic E-state index is -0.530. The summed E-state index contributed by atoms with van der Waals surface area (Å²) in [5, 5.41) is 22.4. The van der Waals surface area contributed by atoms with Gasteiger partial charge in [0.25, 0.3) is 0 Å². The Morgan fingerprint density at radius 1 is 1.61 bits per heavy atom. The van der Waals surface area contributed by atoms with E-state index in [2.05, 4.69) is 10.3 Å². The van der Waals surface area contributed by atoms with Crippen molar-refractivity contribution >= 4 is 23.3 Å². The second-order valence-corrected chi connectivity index (χ2v) is 4.57. The number of thioether (sulfide) groups is 1. The van der Waals surface area contributed by atoms with Crippen molar-refractivity contribution in [2.75, 3.05) is 23.9 Å². The highest BCUT2D eigenvalue weighted by molar-refractivity contribution is 7.98. The topological polar surface area (TPSA) is 91.8 Å². The van der Waals surface area contributed by atoms with Crippen LogP contribution in [0.25, 0.3) is 0 Å². The first kappa shape index (κ1) is 14.3. The Hall–Kier alpha value is -1.81. The summed E-state index contributed by atoms with van der Waals surface area (Å²) >= 11 is 1.77. The number of unbranched alkanes of at least 4 members (excludes halogenated alkanes) is 1. The fourth-order valence-electron chi connectivity index (χ4n) is 1.37. The summed E-state index contributed by atoms with van der Waals surface area (Å²) in [6, 6.07) is 3.07. The molecule has 0 radical (unpaired) electrons. The van der Waals surface area contributed by atoms with E-state index in [0.29, 0.717) is 6.54 Å². The van der Waals surface area contributed by atoms with Crippen molar-refractivity contribution in [1.29, 1.82) is 5.26 Å². The molecule has 6 nitrogen and oxygen atoms in total. The van der Waals surface area contributed by atoms with Crippen LogP contribution in [0.4, 0.5) is 11.5 Å². The molecule has 7 heteroatoms. The minimum Gasteiger partial charge on any atom is -0.364 e. The molecule has 0 fully saturated rings. The lowest BCUT2D eigenvalue weighted by atomic mass is 10.2. The van der Waals surface area contributed by atoms with Crippen LogP contribution < -0.4 is 5.32 Å². The van der Waals surface area contributed by atoms with Gasteiger partial charge in [-0.1, -0.05) is 0 Å². The molecule has 0 atom stereocenters. The highest BCUT2D eigenvalue weighted by Gasteiger charge is 2.15. The number of anilines is 1. The normalized spacial score (nSPS) is 9.78. The number of nitrogens with one attached hydrogen (secondary N) is 1. The number of aromatic nitrogens is 1. The van der Waals surface area contributed by atoms with E-state index in [-0.39, 0.29) is 17.1 Å². The summed E-state index contributed by atoms with van der Waals surface area (Å²) in [5.41, 5.74) is 0.0357. The zero-order chi connectivity index (χ0) is 13.4. The van der Waals surface area contributed by atoms with Crippen molar-refractivity contribution in [1.82, 2.24) is 4.98 Å². The van der Waals surface area contributed by atoms with E-state index in [9.17, 15) is 10.1 Å². The molecule has 0 unspecified atom stereocenters. The summed E-state index contributed by atoms with van der Waals surface area (Å²) in [6.45, 7) is 0.639. The van der Waals surface area contributed by atoms with E-state index >= 15 is 0 Å². The largest absolute Gasteiger partial charge is 0.364 e. The predicted octanol–water partition coefficient (Wildman–Crippen LogP) is 2.42. The third-order valence-corrected chi connectivity index (χ3v) is 2.96. The fourth-order valence-corrected chi connectivity index (χ4v) is 1.86. The van der Waals surface area contributed by atoms with Gasteiger partial charge in [-0.3, -0.25) is 10.1 Å². The van der Waals surface area contributed by atoms with E-state index in [0.717, 1.165) is 18.6 Å². The van der Waals surface area contributed by atoms with Crippen LogP contribution in [-0.4, -0.2) is 28.5 Å². The molecule has 0 aliphatic heterocycles. The lowest BCUT2D eigenvalue weighted by molar-refractivity contribution is -0.384. The summed E-state index contributed by atoms with van der Waals surface area (Å²) in [7, 11) is 0. The Morgan fingerprint density at radius 3 is 3.00 bits per heavy atom. The lowest BCUT2D eigenvalue weighted by Gasteiger charge is -2.05. The van der Waals surface area contributed by atoms with E-state index in [4.69, 9.17) is 5.26 Å². The molecule has 0 saturated carbocycles. The van der Waals surface area contributed by atoms with E-state index < -0.39 is 4.92 Å². The molecular weight excluding hydrogens is 252 g/mol. The summed E-state index contributed by atoms with van der Waals surface area (Å²) in [4.78, 5) is 14.2. The molecule has 0 aliphatic rings. The Morgan fingerprint density at radius 2 is 2.39 bits per heavy atom. The first-order valence-electron chi connectivity index (χ1n) is 5.46. The smallest absolute Gasteiger partial charge is 0.312 e. The van der Waals surface area contributed by atoms with Gasteiger partial charge in [-0.2, -0.15) is 17.0 Å². The van der Waals surface area contributed by atoms with E-state index in [1.54, 1.807) is 11.8 Å². The van der Waals surface area contributed by atoms with E-state index in [1.807, 2.05) is 12.3 Å². The van der Waals surface area contributed by atoms with Gasteiger partial charge in [0.2, 0.25) is 5.82 Å². The van der Waals surface area contributed by atoms with E-state index in [1.165, 1.54) is 12.3 Å². The van der Waals surface area contributed by atoms with Crippen molar-refractivity contribution < 1.29 is 4.92 Å². The molecule has 1 N–H and O–H groups in total. The van der Waals surface area contributed by atoms with Crippen LogP contribution in [0.1, 0.15) is 18.4 Å². The summed E-state index contributed by atoms with van der Waals surface area (Å²) in [6.07, 6.45) is 5.36. The molecule has 0 aromatic carbocycles. The number of nitrogens with zero attached hydrogens (tertiary/aromatic N) is 3. The standard InChI is InChI=1S/C11H14N4O2S/c1-18-5-3-2-4-13-11-10(15(16)17)6-9(7-12)8-14-11/h6,8H,2-5H2,1H3,(H,13,14). The lowest BCUT2D eigenvalue weighted by Crippen LogP contribution is -2.06. The van der Waals surface area contributed by atoms with Crippen molar-refractivity contribution in [3.05, 3.63) is 27.9 Å². The molecule has 0 aliphatic carbocycles. The average molecular weight is 266 g/mol. The van der Waals surface area contributed by atoms with Crippen LogP contribution in [0.2, 0.25) is 0 Å². The maximum absolute atomic E-state index is 10.8. The highest BCUT2D eigenvalue weighted by atomic mass is 32.2. The first-order valence-corrected chi connectivity index (χ1v) is 6.85. The maximum atomic E-state index is 10.8. The van der Waals surface area contributed by atoms with Crippen molar-refractivity contribution in [2.45, 2.75) is 12.8 Å². The molecule has 1 rings (SSSR count). The molecule has 1 aromatic heterocycles. The SMILES string of the molecule is CSCCCCNc1ncc(C#N)cc1[N+](=O)[O-]. The van der Waals surface area contributed by atoms with Gasteiger partial charge in [0, 0.05) is 18.8 Å². The van der Waals surface area contributed by atoms with Crippen molar-refractivity contribution in [3.8, 4) is 6.07 Å². The third kappa shape index (κ3) is 4.22. The van der Waals surface area contributed by atoms with Gasteiger partial charge in [-0.15, -0.1) is 0 Å². The number of nitro groups is 1. The maximum Gasteiger partial charge on any atom is 0.312 e. The zero-order valence-corrected chi connectivity index (χ0v) is 10.9. The number of hydrogen-bond acceptors (Lipinski definition) is 6. The number of nitriles is 1. The quantitative estimate of drug-likeness (QED) is 0.463. The van der Waals surface area contributed by atoms with Gasteiger partial charge in [0.05, 0.1) is 10.5 Å². The summed E-state index contributed by atoms with van der Waals surface area (Å²) < 4.78 is 0. The predicted molar refractivity (Wildman–Crippen MR) is 71.7 cm³/mol. The molecule has 18 heavy (non-hydrogen) atoms. The highest BCUT2D eigenvalue weighted by Crippen LogP contribution is 2.22. The van der Waals surface area contributed by atoms with Crippen molar-refractivity contribution in [3.63, 3.8) is 0 Å². The molecule has 0 amide bonds. The van der Waals surface area contributed by atoms with Gasteiger partial charge in [0.1, 0.15) is 6.07 Å². The molecule has 96 valence electrons. The average Bonchev–Trinajstić information content (AvgIpc) is 2.38. The zero-order valence-electron chi connectivity index (χ0n) is 10.0. The van der Waals surface area contributed by atoms with Gasteiger partial charge in [0.15, 0.2) is 0 Å². The third-order valence-electron chi connectivity index (χ3n) is 2.26. The van der Waals surface area contributed by atoms with Crippen molar-refractivity contribution in [2.24, 2.45) is 0 Å². The Kier molecular flexibility index (Phi) is 5.94. The number of rotatable bonds is 7. The first-order chi connectivity index (χ1) is 8.69. The Balaban J connectivity index is 2.65. The van der Waals surface area contributed by atoms with Crippen LogP contribution in [0.15, 0.2) is 12.3 Å². The number of hydrogen-bond donors (Lipinski definition) is 1. The Labute approximate surface area is 110 Å². The molecule has 0 bridgehead atoms. The summed E-state index contributed by atoms with van der Waals surface area (Å²) in [5.74, 6) is 1.30. The van der Waals surface area contributed by atoms with Gasteiger partial charge in [-0.05, 0) is 24.9 Å². The monoisotopic (exact) mass is 266 g/mol. The van der Waals surface area contributed by atoms with Crippen LogP contribution in [0.5, 0.6) is 0 Å². The van der Waals surface area contributed by atoms with Crippen LogP contribution in [0.3, 0.4) is 0 Å². The molecule has 1 heterocycles. The van der Waals surface area contributed by atoms with Gasteiger partial charge in [-0.25, -0.2) is 4.98 Å². The van der Waals surface area contributed by atoms with Crippen LogP contribution in [0, 0.1) is 21.4 Å². The van der Waals surface area contributed by atoms with Gasteiger partial charge < -0.3 is 5.32 Å².